The molecule has 0 amide bonds. The first-order valence-electron chi connectivity index (χ1n) is 6.75. The SMILES string of the molecule is O=C1C(c2ccc(O)cc2O)=COC2CC(O)CC(O)C12. The Morgan fingerprint density at radius 1 is 1.14 bits per heavy atom. The van der Waals surface area contributed by atoms with Gasteiger partial charge in [0.1, 0.15) is 17.6 Å². The number of ketones is 1. The predicted molar refractivity (Wildman–Crippen MR) is 72.4 cm³/mol. The van der Waals surface area contributed by atoms with Crippen LogP contribution in [0.3, 0.4) is 0 Å². The zero-order valence-corrected chi connectivity index (χ0v) is 11.1. The lowest BCUT2D eigenvalue weighted by atomic mass is 9.76. The molecule has 2 aliphatic rings. The third-order valence-corrected chi connectivity index (χ3v) is 4.03. The van der Waals surface area contributed by atoms with E-state index in [1.165, 1.54) is 18.4 Å². The molecule has 1 aliphatic carbocycles. The molecule has 0 saturated heterocycles. The van der Waals surface area contributed by atoms with Crippen LogP contribution in [0.1, 0.15) is 18.4 Å². The number of allylic oxidation sites excluding steroid dienone is 1. The average Bonchev–Trinajstić information content (AvgIpc) is 2.39. The van der Waals surface area contributed by atoms with Crippen LogP contribution >= 0.6 is 0 Å². The summed E-state index contributed by atoms with van der Waals surface area (Å²) < 4.78 is 5.47. The maximum atomic E-state index is 12.6. The first-order chi connectivity index (χ1) is 9.97. The Bertz CT molecular complexity index is 608. The smallest absolute Gasteiger partial charge is 0.176 e. The molecule has 21 heavy (non-hydrogen) atoms. The third-order valence-electron chi connectivity index (χ3n) is 4.03. The van der Waals surface area contributed by atoms with Gasteiger partial charge in [-0.1, -0.05) is 0 Å². The van der Waals surface area contributed by atoms with Gasteiger partial charge in [0.05, 0.1) is 30.0 Å². The van der Waals surface area contributed by atoms with Crippen LogP contribution < -0.4 is 0 Å². The van der Waals surface area contributed by atoms with Gasteiger partial charge in [0.15, 0.2) is 5.78 Å². The van der Waals surface area contributed by atoms with E-state index in [1.54, 1.807) is 0 Å². The van der Waals surface area contributed by atoms with E-state index in [1.807, 2.05) is 0 Å². The average molecular weight is 292 g/mol. The molecule has 0 spiro atoms. The van der Waals surface area contributed by atoms with Gasteiger partial charge in [-0.2, -0.15) is 0 Å². The van der Waals surface area contributed by atoms with Gasteiger partial charge in [0.2, 0.25) is 0 Å². The third kappa shape index (κ3) is 2.36. The Kier molecular flexibility index (Phi) is 3.35. The number of hydrogen-bond donors (Lipinski definition) is 4. The summed E-state index contributed by atoms with van der Waals surface area (Å²) in [6.45, 7) is 0. The van der Waals surface area contributed by atoms with Gasteiger partial charge in [-0.25, -0.2) is 0 Å². The lowest BCUT2D eigenvalue weighted by Gasteiger charge is -2.39. The topological polar surface area (TPSA) is 107 Å². The summed E-state index contributed by atoms with van der Waals surface area (Å²) in [5.41, 5.74) is 0.402. The van der Waals surface area contributed by atoms with E-state index >= 15 is 0 Å². The van der Waals surface area contributed by atoms with Gasteiger partial charge in [0, 0.05) is 24.5 Å². The van der Waals surface area contributed by atoms with E-state index < -0.39 is 24.2 Å². The van der Waals surface area contributed by atoms with E-state index in [-0.39, 0.29) is 34.8 Å². The molecule has 1 aromatic rings. The minimum absolute atomic E-state index is 0.111. The summed E-state index contributed by atoms with van der Waals surface area (Å²) in [5.74, 6) is -1.42. The van der Waals surface area contributed by atoms with E-state index in [4.69, 9.17) is 4.74 Å². The summed E-state index contributed by atoms with van der Waals surface area (Å²) in [5, 5.41) is 38.8. The van der Waals surface area contributed by atoms with Gasteiger partial charge >= 0.3 is 0 Å². The summed E-state index contributed by atoms with van der Waals surface area (Å²) in [4.78, 5) is 12.6. The van der Waals surface area contributed by atoms with Crippen LogP contribution in [-0.2, 0) is 9.53 Å². The fraction of sp³-hybridized carbons (Fsp3) is 0.400. The molecule has 0 aromatic heterocycles. The summed E-state index contributed by atoms with van der Waals surface area (Å²) in [6.07, 6.45) is -0.552. The molecule has 4 unspecified atom stereocenters. The van der Waals surface area contributed by atoms with Crippen molar-refractivity contribution in [1.82, 2.24) is 0 Å². The molecule has 4 N–H and O–H groups in total. The highest BCUT2D eigenvalue weighted by Crippen LogP contribution is 2.39. The number of carbonyl (C=O) groups is 1. The molecule has 1 heterocycles. The molecule has 0 radical (unpaired) electrons. The molecule has 1 aromatic carbocycles. The van der Waals surface area contributed by atoms with Crippen LogP contribution in [0, 0.1) is 5.92 Å². The number of carbonyl (C=O) groups excluding carboxylic acids is 1. The van der Waals surface area contributed by atoms with E-state index in [0.717, 1.165) is 6.07 Å². The second-order valence-corrected chi connectivity index (χ2v) is 5.49. The van der Waals surface area contributed by atoms with Crippen LogP contribution in [-0.4, -0.2) is 44.5 Å². The molecule has 1 fully saturated rings. The van der Waals surface area contributed by atoms with Crippen molar-refractivity contribution in [3.05, 3.63) is 30.0 Å². The molecule has 6 heteroatoms. The Balaban J connectivity index is 1.96. The second kappa shape index (κ2) is 5.05. The molecular formula is C15H16O6. The number of phenolic OH excluding ortho intramolecular Hbond substituents is 2. The summed E-state index contributed by atoms with van der Waals surface area (Å²) in [6, 6.07) is 3.91. The molecule has 0 bridgehead atoms. The zero-order valence-electron chi connectivity index (χ0n) is 11.1. The van der Waals surface area contributed by atoms with Crippen LogP contribution in [0.5, 0.6) is 11.5 Å². The zero-order chi connectivity index (χ0) is 15.1. The van der Waals surface area contributed by atoms with Crippen LogP contribution in [0.4, 0.5) is 0 Å². The summed E-state index contributed by atoms with van der Waals surface area (Å²) >= 11 is 0. The van der Waals surface area contributed by atoms with Crippen LogP contribution in [0.15, 0.2) is 24.5 Å². The predicted octanol–water partition coefficient (Wildman–Crippen LogP) is 0.538. The van der Waals surface area contributed by atoms with Gasteiger partial charge < -0.3 is 25.2 Å². The highest BCUT2D eigenvalue weighted by atomic mass is 16.5. The van der Waals surface area contributed by atoms with Crippen molar-refractivity contribution in [2.24, 2.45) is 5.92 Å². The maximum absolute atomic E-state index is 12.6. The van der Waals surface area contributed by atoms with Crippen molar-refractivity contribution in [2.45, 2.75) is 31.2 Å². The first kappa shape index (κ1) is 13.9. The fourth-order valence-corrected chi connectivity index (χ4v) is 3.00. The molecule has 6 nitrogen and oxygen atoms in total. The number of aromatic hydroxyl groups is 2. The molecule has 1 saturated carbocycles. The Labute approximate surface area is 120 Å². The second-order valence-electron chi connectivity index (χ2n) is 5.49. The molecule has 112 valence electrons. The number of ether oxygens (including phenoxy) is 1. The van der Waals surface area contributed by atoms with Crippen LogP contribution in [0.2, 0.25) is 0 Å². The Morgan fingerprint density at radius 2 is 1.90 bits per heavy atom. The van der Waals surface area contributed by atoms with E-state index in [2.05, 4.69) is 0 Å². The Morgan fingerprint density at radius 3 is 2.62 bits per heavy atom. The monoisotopic (exact) mass is 292 g/mol. The van der Waals surface area contributed by atoms with Crippen molar-refractivity contribution in [3.8, 4) is 11.5 Å². The van der Waals surface area contributed by atoms with Crippen molar-refractivity contribution < 1.29 is 30.0 Å². The maximum Gasteiger partial charge on any atom is 0.176 e. The number of rotatable bonds is 1. The highest BCUT2D eigenvalue weighted by molar-refractivity contribution is 6.23. The van der Waals surface area contributed by atoms with Crippen molar-refractivity contribution in [3.63, 3.8) is 0 Å². The minimum Gasteiger partial charge on any atom is -0.508 e. The number of benzene rings is 1. The van der Waals surface area contributed by atoms with Crippen molar-refractivity contribution in [1.29, 1.82) is 0 Å². The lowest BCUT2D eigenvalue weighted by molar-refractivity contribution is -0.137. The number of fused-ring (bicyclic) bond motifs is 1. The van der Waals surface area contributed by atoms with E-state index in [0.29, 0.717) is 6.42 Å². The first-order valence-corrected chi connectivity index (χ1v) is 6.75. The standard InChI is InChI=1S/C15H16O6/c16-7-1-2-9(11(18)3-7)10-6-21-13-5-8(17)4-12(19)14(13)15(10)20/h1-3,6,8,12-14,16-19H,4-5H2. The number of Topliss-reactive ketones (excluding diaryl/α,β-unsaturated/α-hetero) is 1. The fourth-order valence-electron chi connectivity index (χ4n) is 3.00. The normalized spacial score (nSPS) is 32.1. The van der Waals surface area contributed by atoms with Crippen molar-refractivity contribution in [2.75, 3.05) is 0 Å². The minimum atomic E-state index is -0.978. The van der Waals surface area contributed by atoms with Gasteiger partial charge in [-0.3, -0.25) is 4.79 Å². The molecule has 1 aliphatic heterocycles. The number of phenols is 2. The quantitative estimate of drug-likeness (QED) is 0.602. The number of aliphatic hydroxyl groups excluding tert-OH is 2. The Hall–Kier alpha value is -2.05. The largest absolute Gasteiger partial charge is 0.508 e. The summed E-state index contributed by atoms with van der Waals surface area (Å²) in [7, 11) is 0. The van der Waals surface area contributed by atoms with Crippen LogP contribution in [0.25, 0.3) is 5.57 Å². The van der Waals surface area contributed by atoms with E-state index in [9.17, 15) is 25.2 Å². The molecule has 4 atom stereocenters. The van der Waals surface area contributed by atoms with Gasteiger partial charge in [-0.05, 0) is 12.1 Å². The van der Waals surface area contributed by atoms with Crippen molar-refractivity contribution >= 4 is 11.4 Å². The molecular weight excluding hydrogens is 276 g/mol. The van der Waals surface area contributed by atoms with Gasteiger partial charge in [-0.15, -0.1) is 0 Å². The molecule has 3 rings (SSSR count). The van der Waals surface area contributed by atoms with Gasteiger partial charge in [0.25, 0.3) is 0 Å². The lowest BCUT2D eigenvalue weighted by Crippen LogP contribution is -2.48. The number of hydrogen-bond acceptors (Lipinski definition) is 6. The number of aliphatic hydroxyl groups is 2. The highest BCUT2D eigenvalue weighted by Gasteiger charge is 2.45.